The summed E-state index contributed by atoms with van der Waals surface area (Å²) in [6, 6.07) is 15.2. The summed E-state index contributed by atoms with van der Waals surface area (Å²) in [5.74, 6) is 1.62. The van der Waals surface area contributed by atoms with Crippen molar-refractivity contribution < 1.29 is 19.1 Å². The van der Waals surface area contributed by atoms with E-state index >= 15 is 0 Å². The Morgan fingerprint density at radius 3 is 2.26 bits per heavy atom. The molecule has 0 spiro atoms. The van der Waals surface area contributed by atoms with E-state index in [0.717, 1.165) is 37.6 Å². The smallest absolute Gasteiger partial charge is 0.245 e. The molecule has 1 aliphatic rings. The standard InChI is InChI=1S/C29H38N2O4/c1-22(2)35-27-15-11-25(12-16-27)28(32)7-6-8-29(33)30-20-24(21-31-17-4-5-18-31)19-23-9-13-26(34-3)14-10-23/h9-16,20,22,24H,4-8,17-19,21H2,1-3H3. The fourth-order valence-corrected chi connectivity index (χ4v) is 4.31. The Morgan fingerprint density at radius 2 is 1.63 bits per heavy atom. The van der Waals surface area contributed by atoms with Gasteiger partial charge < -0.3 is 14.4 Å². The summed E-state index contributed by atoms with van der Waals surface area (Å²) in [6.07, 6.45) is 6.29. The Balaban J connectivity index is 1.49. The van der Waals surface area contributed by atoms with Crippen LogP contribution in [-0.2, 0) is 11.2 Å². The fourth-order valence-electron chi connectivity index (χ4n) is 4.31. The molecule has 0 aromatic heterocycles. The van der Waals surface area contributed by atoms with E-state index in [1.165, 1.54) is 18.4 Å². The molecule has 6 heteroatoms. The molecule has 1 amide bonds. The third-order valence-electron chi connectivity index (χ3n) is 6.12. The number of nitrogens with zero attached hydrogens (tertiary/aromatic N) is 2. The molecule has 1 fully saturated rings. The topological polar surface area (TPSA) is 68.2 Å². The zero-order valence-corrected chi connectivity index (χ0v) is 21.2. The molecule has 0 radical (unpaired) electrons. The molecule has 1 aliphatic heterocycles. The van der Waals surface area contributed by atoms with Crippen LogP contribution in [0.25, 0.3) is 0 Å². The predicted molar refractivity (Wildman–Crippen MR) is 140 cm³/mol. The summed E-state index contributed by atoms with van der Waals surface area (Å²) in [5, 5.41) is 0. The Kier molecular flexibility index (Phi) is 10.5. The van der Waals surface area contributed by atoms with Gasteiger partial charge in [-0.1, -0.05) is 12.1 Å². The highest BCUT2D eigenvalue weighted by Gasteiger charge is 2.17. The van der Waals surface area contributed by atoms with Gasteiger partial charge in [-0.15, -0.1) is 0 Å². The van der Waals surface area contributed by atoms with Gasteiger partial charge in [0.15, 0.2) is 5.78 Å². The Hall–Kier alpha value is -2.99. The van der Waals surface area contributed by atoms with Crippen LogP contribution in [0.3, 0.4) is 0 Å². The minimum atomic E-state index is -0.167. The molecule has 188 valence electrons. The van der Waals surface area contributed by atoms with Crippen LogP contribution in [-0.4, -0.2) is 55.7 Å². The number of benzene rings is 2. The maximum absolute atomic E-state index is 12.5. The number of aliphatic imine (C=N–C) groups is 1. The van der Waals surface area contributed by atoms with E-state index in [1.807, 2.05) is 44.3 Å². The molecule has 2 aromatic carbocycles. The Morgan fingerprint density at radius 1 is 0.971 bits per heavy atom. The molecule has 3 rings (SSSR count). The number of carbonyl (C=O) groups excluding carboxylic acids is 2. The fraction of sp³-hybridized carbons (Fsp3) is 0.483. The van der Waals surface area contributed by atoms with Crippen molar-refractivity contribution in [1.29, 1.82) is 0 Å². The van der Waals surface area contributed by atoms with E-state index in [1.54, 1.807) is 19.2 Å². The van der Waals surface area contributed by atoms with Gasteiger partial charge in [0, 0.05) is 37.1 Å². The van der Waals surface area contributed by atoms with E-state index in [-0.39, 0.29) is 30.1 Å². The van der Waals surface area contributed by atoms with Crippen LogP contribution in [0.4, 0.5) is 0 Å². The number of methoxy groups -OCH3 is 1. The van der Waals surface area contributed by atoms with Gasteiger partial charge in [-0.05, 0) is 94.6 Å². The molecule has 0 saturated carbocycles. The van der Waals surface area contributed by atoms with Gasteiger partial charge in [-0.25, -0.2) is 4.99 Å². The summed E-state index contributed by atoms with van der Waals surface area (Å²) in [6.45, 7) is 7.04. The van der Waals surface area contributed by atoms with Crippen molar-refractivity contribution in [3.05, 3.63) is 59.7 Å². The lowest BCUT2D eigenvalue weighted by molar-refractivity contribution is -0.117. The molecule has 1 atom stereocenters. The molecule has 1 unspecified atom stereocenters. The van der Waals surface area contributed by atoms with Crippen molar-refractivity contribution in [2.75, 3.05) is 26.7 Å². The van der Waals surface area contributed by atoms with Crippen LogP contribution in [0, 0.1) is 5.92 Å². The van der Waals surface area contributed by atoms with E-state index < -0.39 is 0 Å². The number of hydrogen-bond donors (Lipinski definition) is 0. The second-order valence-corrected chi connectivity index (χ2v) is 9.46. The van der Waals surface area contributed by atoms with Crippen LogP contribution in [0.5, 0.6) is 11.5 Å². The average molecular weight is 479 g/mol. The largest absolute Gasteiger partial charge is 0.497 e. The van der Waals surface area contributed by atoms with Gasteiger partial charge in [0.05, 0.1) is 13.2 Å². The van der Waals surface area contributed by atoms with Crippen LogP contribution in [0.15, 0.2) is 53.5 Å². The first-order valence-electron chi connectivity index (χ1n) is 12.6. The van der Waals surface area contributed by atoms with Crippen molar-refractivity contribution in [2.45, 2.75) is 58.5 Å². The third kappa shape index (κ3) is 9.29. The lowest BCUT2D eigenvalue weighted by Crippen LogP contribution is -2.28. The maximum Gasteiger partial charge on any atom is 0.245 e. The predicted octanol–water partition coefficient (Wildman–Crippen LogP) is 5.39. The molecular formula is C29H38N2O4. The first-order chi connectivity index (χ1) is 16.9. The van der Waals surface area contributed by atoms with Crippen LogP contribution < -0.4 is 9.47 Å². The van der Waals surface area contributed by atoms with Crippen molar-refractivity contribution in [1.82, 2.24) is 4.90 Å². The number of ketones is 1. The summed E-state index contributed by atoms with van der Waals surface area (Å²) in [5.41, 5.74) is 1.84. The van der Waals surface area contributed by atoms with Crippen molar-refractivity contribution in [3.8, 4) is 11.5 Å². The number of Topliss-reactive ketones (excluding diaryl/α,β-unsaturated/α-hetero) is 1. The molecule has 0 bridgehead atoms. The van der Waals surface area contributed by atoms with Crippen molar-refractivity contribution in [3.63, 3.8) is 0 Å². The highest BCUT2D eigenvalue weighted by molar-refractivity contribution is 5.96. The Labute approximate surface area is 209 Å². The van der Waals surface area contributed by atoms with Gasteiger partial charge in [0.1, 0.15) is 11.5 Å². The average Bonchev–Trinajstić information content (AvgIpc) is 3.36. The van der Waals surface area contributed by atoms with Crippen molar-refractivity contribution >= 4 is 17.9 Å². The molecule has 2 aromatic rings. The summed E-state index contributed by atoms with van der Waals surface area (Å²) >= 11 is 0. The van der Waals surface area contributed by atoms with Crippen LogP contribution in [0.2, 0.25) is 0 Å². The number of rotatable bonds is 13. The van der Waals surface area contributed by atoms with Gasteiger partial charge >= 0.3 is 0 Å². The number of hydrogen-bond acceptors (Lipinski definition) is 5. The molecular weight excluding hydrogens is 440 g/mol. The first kappa shape index (κ1) is 26.6. The number of amides is 1. The molecule has 0 N–H and O–H groups in total. The minimum Gasteiger partial charge on any atom is -0.497 e. The monoisotopic (exact) mass is 478 g/mol. The molecule has 1 heterocycles. The molecule has 35 heavy (non-hydrogen) atoms. The van der Waals surface area contributed by atoms with E-state index in [0.29, 0.717) is 18.4 Å². The second kappa shape index (κ2) is 13.8. The van der Waals surface area contributed by atoms with Crippen LogP contribution >= 0.6 is 0 Å². The van der Waals surface area contributed by atoms with Crippen molar-refractivity contribution in [2.24, 2.45) is 10.9 Å². The number of ether oxygens (including phenoxy) is 2. The van der Waals surface area contributed by atoms with Crippen LogP contribution in [0.1, 0.15) is 61.9 Å². The highest BCUT2D eigenvalue weighted by atomic mass is 16.5. The zero-order valence-electron chi connectivity index (χ0n) is 21.2. The number of carbonyl (C=O) groups is 2. The molecule has 6 nitrogen and oxygen atoms in total. The summed E-state index contributed by atoms with van der Waals surface area (Å²) < 4.78 is 10.9. The molecule has 0 aliphatic carbocycles. The normalized spacial score (nSPS) is 15.0. The maximum atomic E-state index is 12.5. The third-order valence-corrected chi connectivity index (χ3v) is 6.12. The van der Waals surface area contributed by atoms with Gasteiger partial charge in [0.2, 0.25) is 5.91 Å². The summed E-state index contributed by atoms with van der Waals surface area (Å²) in [7, 11) is 1.66. The number of likely N-dealkylation sites (tertiary alicyclic amines) is 1. The SMILES string of the molecule is COc1ccc(CC(C=NC(=O)CCCC(=O)c2ccc(OC(C)C)cc2)CN2CCCC2)cc1. The zero-order chi connectivity index (χ0) is 25.0. The highest BCUT2D eigenvalue weighted by Crippen LogP contribution is 2.18. The van der Waals surface area contributed by atoms with Gasteiger partial charge in [-0.3, -0.25) is 9.59 Å². The van der Waals surface area contributed by atoms with E-state index in [4.69, 9.17) is 9.47 Å². The first-order valence-corrected chi connectivity index (χ1v) is 12.6. The van der Waals surface area contributed by atoms with E-state index in [9.17, 15) is 9.59 Å². The van der Waals surface area contributed by atoms with Gasteiger partial charge in [-0.2, -0.15) is 0 Å². The molecule has 1 saturated heterocycles. The van der Waals surface area contributed by atoms with Gasteiger partial charge in [0.25, 0.3) is 0 Å². The minimum absolute atomic E-state index is 0.0318. The second-order valence-electron chi connectivity index (χ2n) is 9.46. The summed E-state index contributed by atoms with van der Waals surface area (Å²) in [4.78, 5) is 31.6. The lowest BCUT2D eigenvalue weighted by Gasteiger charge is -2.20. The lowest BCUT2D eigenvalue weighted by atomic mass is 9.99. The van der Waals surface area contributed by atoms with E-state index in [2.05, 4.69) is 22.0 Å². The quantitative estimate of drug-likeness (QED) is 0.285. The Bertz CT molecular complexity index is 961.